The van der Waals surface area contributed by atoms with Crippen LogP contribution >= 0.6 is 0 Å². The zero-order valence-electron chi connectivity index (χ0n) is 6.57. The van der Waals surface area contributed by atoms with Crippen LogP contribution in [-0.4, -0.2) is 34.6 Å². The Morgan fingerprint density at radius 2 is 2.09 bits per heavy atom. The van der Waals surface area contributed by atoms with E-state index in [-0.39, 0.29) is 0 Å². The third-order valence-electron chi connectivity index (χ3n) is 0.890. The minimum absolute atomic E-state index is 0.445. The van der Waals surface area contributed by atoms with Crippen molar-refractivity contribution in [2.24, 2.45) is 5.73 Å². The van der Waals surface area contributed by atoms with Crippen LogP contribution in [0.4, 0.5) is 0 Å². The highest BCUT2D eigenvalue weighted by Gasteiger charge is 2.23. The first-order valence-corrected chi connectivity index (χ1v) is 3.16. The van der Waals surface area contributed by atoms with Gasteiger partial charge in [-0.3, -0.25) is 4.79 Å². The maximum Gasteiger partial charge on any atom is 0.325 e. The summed E-state index contributed by atoms with van der Waals surface area (Å²) in [5.41, 5.74) is 4.24. The van der Waals surface area contributed by atoms with E-state index in [0.29, 0.717) is 0 Å². The normalized spacial score (nSPS) is 11.8. The Hall–Kier alpha value is -0.650. The highest BCUT2D eigenvalue weighted by atomic mass is 16.6. The summed E-state index contributed by atoms with van der Waals surface area (Å²) in [6, 6.07) is 0. The number of carbonyl (C=O) groups excluding carboxylic acids is 1. The second-order valence-electron chi connectivity index (χ2n) is 2.80. The molecule has 4 N–H and O–H groups in total. The van der Waals surface area contributed by atoms with Gasteiger partial charge in [-0.15, -0.1) is 0 Å². The Morgan fingerprint density at radius 1 is 1.64 bits per heavy atom. The van der Waals surface area contributed by atoms with Crippen molar-refractivity contribution in [3.63, 3.8) is 0 Å². The van der Waals surface area contributed by atoms with Gasteiger partial charge in [0.25, 0.3) is 0 Å². The van der Waals surface area contributed by atoms with Crippen molar-refractivity contribution in [2.45, 2.75) is 25.7 Å². The predicted octanol–water partition coefficient (Wildman–Crippen LogP) is -1.42. The van der Waals surface area contributed by atoms with Crippen molar-refractivity contribution < 1.29 is 19.7 Å². The molecule has 0 spiro atoms. The van der Waals surface area contributed by atoms with Gasteiger partial charge in [-0.1, -0.05) is 0 Å². The summed E-state index contributed by atoms with van der Waals surface area (Å²) in [5.74, 6) is -0.661. The van der Waals surface area contributed by atoms with E-state index in [9.17, 15) is 4.79 Å². The molecule has 0 aromatic rings. The van der Waals surface area contributed by atoms with Crippen LogP contribution in [0.2, 0.25) is 0 Å². The standard InChI is InChI=1S/C6H13NO4/c1-6(2,7)5(10)11-3-4(8)9/h4,8-9H,3,7H2,1-2H3. The van der Waals surface area contributed by atoms with E-state index in [1.807, 2.05) is 0 Å². The van der Waals surface area contributed by atoms with Crippen molar-refractivity contribution in [3.05, 3.63) is 0 Å². The minimum Gasteiger partial charge on any atom is -0.459 e. The number of aliphatic hydroxyl groups is 2. The summed E-state index contributed by atoms with van der Waals surface area (Å²) < 4.78 is 4.40. The second kappa shape index (κ2) is 3.66. The molecule has 0 amide bonds. The topological polar surface area (TPSA) is 92.8 Å². The average Bonchev–Trinajstić information content (AvgIpc) is 1.80. The molecule has 0 heterocycles. The van der Waals surface area contributed by atoms with Gasteiger partial charge in [0.15, 0.2) is 6.29 Å². The predicted molar refractivity (Wildman–Crippen MR) is 37.5 cm³/mol. The first-order chi connectivity index (χ1) is 4.84. The van der Waals surface area contributed by atoms with Gasteiger partial charge < -0.3 is 20.7 Å². The summed E-state index contributed by atoms with van der Waals surface area (Å²) in [5, 5.41) is 16.6. The molecule has 5 nitrogen and oxygen atoms in total. The minimum atomic E-state index is -1.64. The van der Waals surface area contributed by atoms with Crippen molar-refractivity contribution in [2.75, 3.05) is 6.61 Å². The number of hydrogen-bond acceptors (Lipinski definition) is 5. The van der Waals surface area contributed by atoms with E-state index in [1.54, 1.807) is 0 Å². The van der Waals surface area contributed by atoms with Crippen molar-refractivity contribution in [3.8, 4) is 0 Å². The molecule has 0 aliphatic carbocycles. The van der Waals surface area contributed by atoms with Crippen molar-refractivity contribution in [1.82, 2.24) is 0 Å². The van der Waals surface area contributed by atoms with Gasteiger partial charge in [0.1, 0.15) is 12.1 Å². The van der Waals surface area contributed by atoms with Gasteiger partial charge in [0.2, 0.25) is 0 Å². The lowest BCUT2D eigenvalue weighted by Crippen LogP contribution is -2.43. The molecule has 0 bridgehead atoms. The van der Waals surface area contributed by atoms with Crippen LogP contribution in [0.3, 0.4) is 0 Å². The first kappa shape index (κ1) is 10.3. The maximum atomic E-state index is 10.8. The largest absolute Gasteiger partial charge is 0.459 e. The molecule has 66 valence electrons. The SMILES string of the molecule is CC(C)(N)C(=O)OCC(O)O. The number of esters is 1. The monoisotopic (exact) mass is 163 g/mol. The zero-order valence-corrected chi connectivity index (χ0v) is 6.57. The highest BCUT2D eigenvalue weighted by molar-refractivity contribution is 5.79. The number of carbonyl (C=O) groups is 1. The third-order valence-corrected chi connectivity index (χ3v) is 0.890. The molecule has 0 atom stereocenters. The molecular weight excluding hydrogens is 150 g/mol. The van der Waals surface area contributed by atoms with Crippen LogP contribution < -0.4 is 5.73 Å². The van der Waals surface area contributed by atoms with Crippen LogP contribution in [0.25, 0.3) is 0 Å². The fraction of sp³-hybridized carbons (Fsp3) is 0.833. The number of aliphatic hydroxyl groups excluding tert-OH is 1. The lowest BCUT2D eigenvalue weighted by Gasteiger charge is -2.16. The average molecular weight is 163 g/mol. The molecule has 0 radical (unpaired) electrons. The Bertz CT molecular complexity index is 138. The molecule has 0 saturated heterocycles. The molecule has 0 aliphatic heterocycles. The lowest BCUT2D eigenvalue weighted by molar-refractivity contribution is -0.161. The van der Waals surface area contributed by atoms with Crippen LogP contribution in [0.1, 0.15) is 13.8 Å². The van der Waals surface area contributed by atoms with Gasteiger partial charge in [0, 0.05) is 0 Å². The van der Waals surface area contributed by atoms with Crippen LogP contribution in [0.15, 0.2) is 0 Å². The number of nitrogens with two attached hydrogens (primary N) is 1. The molecule has 0 aromatic heterocycles. The van der Waals surface area contributed by atoms with Gasteiger partial charge >= 0.3 is 5.97 Å². The Labute approximate surface area is 64.8 Å². The van der Waals surface area contributed by atoms with Crippen LogP contribution in [0, 0.1) is 0 Å². The zero-order chi connectivity index (χ0) is 9.07. The van der Waals surface area contributed by atoms with E-state index in [1.165, 1.54) is 13.8 Å². The van der Waals surface area contributed by atoms with Crippen LogP contribution in [0.5, 0.6) is 0 Å². The Balaban J connectivity index is 3.71. The quantitative estimate of drug-likeness (QED) is 0.350. The number of rotatable bonds is 3. The van der Waals surface area contributed by atoms with E-state index < -0.39 is 24.4 Å². The second-order valence-corrected chi connectivity index (χ2v) is 2.80. The van der Waals surface area contributed by atoms with Gasteiger partial charge in [-0.25, -0.2) is 0 Å². The Morgan fingerprint density at radius 3 is 2.36 bits per heavy atom. The summed E-state index contributed by atoms with van der Waals surface area (Å²) in [6.07, 6.45) is -1.64. The summed E-state index contributed by atoms with van der Waals surface area (Å²) in [7, 11) is 0. The van der Waals surface area contributed by atoms with E-state index >= 15 is 0 Å². The van der Waals surface area contributed by atoms with Gasteiger partial charge in [-0.05, 0) is 13.8 Å². The molecule has 0 unspecified atom stereocenters. The van der Waals surface area contributed by atoms with Crippen molar-refractivity contribution >= 4 is 5.97 Å². The third kappa shape index (κ3) is 4.72. The number of hydrogen-bond donors (Lipinski definition) is 3. The molecule has 0 aromatic carbocycles. The molecule has 0 rings (SSSR count). The highest BCUT2D eigenvalue weighted by Crippen LogP contribution is 1.99. The van der Waals surface area contributed by atoms with E-state index in [4.69, 9.17) is 15.9 Å². The maximum absolute atomic E-state index is 10.8. The fourth-order valence-electron chi connectivity index (χ4n) is 0.336. The first-order valence-electron chi connectivity index (χ1n) is 3.16. The smallest absolute Gasteiger partial charge is 0.325 e. The molecule has 5 heteroatoms. The van der Waals surface area contributed by atoms with Gasteiger partial charge in [0.05, 0.1) is 0 Å². The van der Waals surface area contributed by atoms with Gasteiger partial charge in [-0.2, -0.15) is 0 Å². The molecule has 0 fully saturated rings. The van der Waals surface area contributed by atoms with Crippen molar-refractivity contribution in [1.29, 1.82) is 0 Å². The fourth-order valence-corrected chi connectivity index (χ4v) is 0.336. The molecule has 11 heavy (non-hydrogen) atoms. The van der Waals surface area contributed by atoms with E-state index in [0.717, 1.165) is 0 Å². The van der Waals surface area contributed by atoms with Crippen LogP contribution in [-0.2, 0) is 9.53 Å². The number of ether oxygens (including phenoxy) is 1. The Kier molecular flexibility index (Phi) is 3.44. The molecular formula is C6H13NO4. The van der Waals surface area contributed by atoms with E-state index in [2.05, 4.69) is 4.74 Å². The lowest BCUT2D eigenvalue weighted by atomic mass is 10.1. The summed E-state index contributed by atoms with van der Waals surface area (Å²) in [6.45, 7) is 2.50. The summed E-state index contributed by atoms with van der Waals surface area (Å²) >= 11 is 0. The molecule has 0 aliphatic rings. The summed E-state index contributed by atoms with van der Waals surface area (Å²) in [4.78, 5) is 10.8. The molecule has 0 saturated carbocycles.